The van der Waals surface area contributed by atoms with Gasteiger partial charge < -0.3 is 9.73 Å². The molecule has 0 radical (unpaired) electrons. The Balaban J connectivity index is 1.67. The molecule has 0 aliphatic heterocycles. The minimum Gasteiger partial charge on any atom is -0.468 e. The number of furan rings is 1. The Morgan fingerprint density at radius 3 is 2.39 bits per heavy atom. The van der Waals surface area contributed by atoms with Crippen LogP contribution in [0.15, 0.2) is 70.2 Å². The van der Waals surface area contributed by atoms with E-state index < -0.39 is 10.0 Å². The maximum atomic E-state index is 12.7. The average molecular weight is 442 g/mol. The standard InChI is InChI=1S/C23H27N3O4S/c1-16-7-8-17(2)22(14-16)31(28,29)25-19-11-9-18(10-12-19)23(27)24-15-20(26(3)4)21-6-5-13-30-21/h5-14,20,25H,15H2,1-4H3,(H,24,27)/t20-/m0/s1. The van der Waals surface area contributed by atoms with Crippen molar-refractivity contribution in [2.45, 2.75) is 24.8 Å². The summed E-state index contributed by atoms with van der Waals surface area (Å²) >= 11 is 0. The molecule has 0 spiro atoms. The van der Waals surface area contributed by atoms with Gasteiger partial charge in [-0.1, -0.05) is 12.1 Å². The fourth-order valence-electron chi connectivity index (χ4n) is 3.21. The lowest BCUT2D eigenvalue weighted by Gasteiger charge is -2.22. The SMILES string of the molecule is Cc1ccc(C)c(S(=O)(=O)Nc2ccc(C(=O)NC[C@@H](c3ccco3)N(C)C)cc2)c1. The van der Waals surface area contributed by atoms with Crippen LogP contribution in [0, 0.1) is 13.8 Å². The number of nitrogens with one attached hydrogen (secondary N) is 2. The minimum absolute atomic E-state index is 0.0948. The maximum absolute atomic E-state index is 12.7. The van der Waals surface area contributed by atoms with Crippen LogP contribution in [-0.4, -0.2) is 39.9 Å². The fourth-order valence-corrected chi connectivity index (χ4v) is 4.60. The Bertz CT molecular complexity index is 1140. The number of sulfonamides is 1. The number of hydrogen-bond acceptors (Lipinski definition) is 5. The van der Waals surface area contributed by atoms with Crippen molar-refractivity contribution in [3.63, 3.8) is 0 Å². The van der Waals surface area contributed by atoms with Crippen molar-refractivity contribution in [3.8, 4) is 0 Å². The zero-order chi connectivity index (χ0) is 22.6. The summed E-state index contributed by atoms with van der Waals surface area (Å²) in [5.74, 6) is 0.517. The summed E-state index contributed by atoms with van der Waals surface area (Å²) in [6.07, 6.45) is 1.60. The summed E-state index contributed by atoms with van der Waals surface area (Å²) < 4.78 is 33.5. The van der Waals surface area contributed by atoms with E-state index in [0.29, 0.717) is 23.4 Å². The number of amides is 1. The van der Waals surface area contributed by atoms with Gasteiger partial charge in [-0.3, -0.25) is 14.4 Å². The van der Waals surface area contributed by atoms with E-state index in [-0.39, 0.29) is 16.8 Å². The molecule has 0 saturated heterocycles. The molecule has 164 valence electrons. The number of anilines is 1. The van der Waals surface area contributed by atoms with Gasteiger partial charge in [-0.05, 0) is 81.5 Å². The quantitative estimate of drug-likeness (QED) is 0.556. The molecule has 3 aromatic rings. The number of likely N-dealkylation sites (N-methyl/N-ethyl adjacent to an activating group) is 1. The van der Waals surface area contributed by atoms with Gasteiger partial charge >= 0.3 is 0 Å². The first-order valence-corrected chi connectivity index (χ1v) is 11.3. The van der Waals surface area contributed by atoms with Gasteiger partial charge in [0.2, 0.25) is 0 Å². The smallest absolute Gasteiger partial charge is 0.262 e. The second-order valence-corrected chi connectivity index (χ2v) is 9.31. The molecule has 8 heteroatoms. The van der Waals surface area contributed by atoms with Crippen LogP contribution >= 0.6 is 0 Å². The van der Waals surface area contributed by atoms with Crippen molar-refractivity contribution in [3.05, 3.63) is 83.3 Å². The molecule has 0 saturated carbocycles. The monoisotopic (exact) mass is 441 g/mol. The molecule has 1 atom stereocenters. The molecule has 2 N–H and O–H groups in total. The van der Waals surface area contributed by atoms with Crippen LogP contribution in [0.25, 0.3) is 0 Å². The van der Waals surface area contributed by atoms with Gasteiger partial charge in [-0.2, -0.15) is 0 Å². The van der Waals surface area contributed by atoms with Crippen LogP contribution in [0.4, 0.5) is 5.69 Å². The summed E-state index contributed by atoms with van der Waals surface area (Å²) in [4.78, 5) is 14.7. The van der Waals surface area contributed by atoms with E-state index in [1.807, 2.05) is 44.1 Å². The number of nitrogens with zero attached hydrogens (tertiary/aromatic N) is 1. The minimum atomic E-state index is -3.72. The molecule has 1 aromatic heterocycles. The topological polar surface area (TPSA) is 91.6 Å². The summed E-state index contributed by atoms with van der Waals surface area (Å²) in [6, 6.07) is 15.2. The van der Waals surface area contributed by atoms with E-state index >= 15 is 0 Å². The van der Waals surface area contributed by atoms with E-state index in [0.717, 1.165) is 11.3 Å². The van der Waals surface area contributed by atoms with Crippen molar-refractivity contribution in [2.75, 3.05) is 25.4 Å². The van der Waals surface area contributed by atoms with E-state index in [1.165, 1.54) is 0 Å². The van der Waals surface area contributed by atoms with Gasteiger partial charge in [0.1, 0.15) is 5.76 Å². The molecule has 0 fully saturated rings. The first kappa shape index (κ1) is 22.6. The Morgan fingerprint density at radius 2 is 1.77 bits per heavy atom. The molecule has 1 amide bonds. The first-order valence-electron chi connectivity index (χ1n) is 9.85. The van der Waals surface area contributed by atoms with E-state index in [2.05, 4.69) is 10.0 Å². The molecular weight excluding hydrogens is 414 g/mol. The number of carbonyl (C=O) groups excluding carboxylic acids is 1. The fraction of sp³-hybridized carbons (Fsp3) is 0.261. The zero-order valence-corrected chi connectivity index (χ0v) is 18.9. The van der Waals surface area contributed by atoms with E-state index in [1.54, 1.807) is 49.6 Å². The molecule has 3 rings (SSSR count). The van der Waals surface area contributed by atoms with Gasteiger partial charge in [-0.15, -0.1) is 0 Å². The molecule has 0 bridgehead atoms. The molecular formula is C23H27N3O4S. The van der Waals surface area contributed by atoms with Gasteiger partial charge in [0.05, 0.1) is 17.2 Å². The first-order chi connectivity index (χ1) is 14.7. The molecule has 31 heavy (non-hydrogen) atoms. The Morgan fingerprint density at radius 1 is 1.06 bits per heavy atom. The largest absolute Gasteiger partial charge is 0.468 e. The second-order valence-electron chi connectivity index (χ2n) is 7.66. The summed E-state index contributed by atoms with van der Waals surface area (Å²) in [5, 5.41) is 2.90. The zero-order valence-electron chi connectivity index (χ0n) is 18.0. The number of aryl methyl sites for hydroxylation is 2. The maximum Gasteiger partial charge on any atom is 0.262 e. The highest BCUT2D eigenvalue weighted by Gasteiger charge is 2.19. The van der Waals surface area contributed by atoms with Crippen molar-refractivity contribution in [1.82, 2.24) is 10.2 Å². The van der Waals surface area contributed by atoms with Gasteiger partial charge in [0.25, 0.3) is 15.9 Å². The van der Waals surface area contributed by atoms with E-state index in [4.69, 9.17) is 4.42 Å². The highest BCUT2D eigenvalue weighted by Crippen LogP contribution is 2.21. The second kappa shape index (κ2) is 9.36. The molecule has 1 heterocycles. The lowest BCUT2D eigenvalue weighted by atomic mass is 10.1. The summed E-state index contributed by atoms with van der Waals surface area (Å²) in [7, 11) is 0.104. The Kier molecular flexibility index (Phi) is 6.82. The number of rotatable bonds is 8. The van der Waals surface area contributed by atoms with Gasteiger partial charge in [0.15, 0.2) is 0 Å². The van der Waals surface area contributed by atoms with Crippen LogP contribution in [-0.2, 0) is 10.0 Å². The van der Waals surface area contributed by atoms with E-state index in [9.17, 15) is 13.2 Å². The molecule has 7 nitrogen and oxygen atoms in total. The Labute approximate surface area is 183 Å². The molecule has 0 aliphatic rings. The predicted molar refractivity (Wildman–Crippen MR) is 121 cm³/mol. The number of carbonyl (C=O) groups is 1. The van der Waals surface area contributed by atoms with Crippen LogP contribution in [0.3, 0.4) is 0 Å². The number of hydrogen-bond donors (Lipinski definition) is 2. The van der Waals surface area contributed by atoms with Crippen LogP contribution in [0.5, 0.6) is 0 Å². The van der Waals surface area contributed by atoms with Gasteiger partial charge in [0, 0.05) is 17.8 Å². The van der Waals surface area contributed by atoms with Crippen molar-refractivity contribution in [1.29, 1.82) is 0 Å². The highest BCUT2D eigenvalue weighted by atomic mass is 32.2. The predicted octanol–water partition coefficient (Wildman–Crippen LogP) is 3.73. The van der Waals surface area contributed by atoms with Crippen molar-refractivity contribution < 1.29 is 17.6 Å². The van der Waals surface area contributed by atoms with Gasteiger partial charge in [-0.25, -0.2) is 8.42 Å². The normalized spacial score (nSPS) is 12.5. The molecule has 2 aromatic carbocycles. The third-order valence-electron chi connectivity index (χ3n) is 4.98. The lowest BCUT2D eigenvalue weighted by Crippen LogP contribution is -2.34. The third kappa shape index (κ3) is 5.53. The van der Waals surface area contributed by atoms with Crippen LogP contribution < -0.4 is 10.0 Å². The lowest BCUT2D eigenvalue weighted by molar-refractivity contribution is 0.0939. The van der Waals surface area contributed by atoms with Crippen LogP contribution in [0.2, 0.25) is 0 Å². The highest BCUT2D eigenvalue weighted by molar-refractivity contribution is 7.92. The molecule has 0 unspecified atom stereocenters. The number of benzene rings is 2. The molecule has 0 aliphatic carbocycles. The average Bonchev–Trinajstić information content (AvgIpc) is 3.24. The van der Waals surface area contributed by atoms with Crippen LogP contribution in [0.1, 0.15) is 33.3 Å². The van der Waals surface area contributed by atoms with Crippen molar-refractivity contribution in [2.24, 2.45) is 0 Å². The summed E-state index contributed by atoms with van der Waals surface area (Å²) in [6.45, 7) is 3.98. The Hall–Kier alpha value is -3.10. The summed E-state index contributed by atoms with van der Waals surface area (Å²) in [5.41, 5.74) is 2.36. The third-order valence-corrected chi connectivity index (χ3v) is 6.51. The van der Waals surface area contributed by atoms with Crippen molar-refractivity contribution >= 4 is 21.6 Å².